The first-order chi connectivity index (χ1) is 17.4. The standard InChI is InChI=1S/C26H22BrCl2FN4O2/c1-15(26-19(28)13-31-14-20(26)29)36-17-6-7-23-18(10-17)22(33-34(23)25-4-2-3-9-35-25)11-21(30)16-5-8-24(27)32-12-16/h5-8,10-15,25H,2-4,9H2,1H3/b21-11-/t15-,25?/m1/s1. The van der Waals surface area contributed by atoms with Crippen molar-refractivity contribution < 1.29 is 13.9 Å². The van der Waals surface area contributed by atoms with Crippen LogP contribution in [0.25, 0.3) is 22.8 Å². The highest BCUT2D eigenvalue weighted by molar-refractivity contribution is 9.10. The summed E-state index contributed by atoms with van der Waals surface area (Å²) in [5.74, 6) is 0.129. The van der Waals surface area contributed by atoms with Crippen LogP contribution in [0.15, 0.2) is 53.5 Å². The summed E-state index contributed by atoms with van der Waals surface area (Å²) in [6.45, 7) is 2.53. The van der Waals surface area contributed by atoms with Gasteiger partial charge < -0.3 is 9.47 Å². The number of rotatable bonds is 6. The van der Waals surface area contributed by atoms with E-state index in [0.717, 1.165) is 30.2 Å². The Hall–Kier alpha value is -2.52. The minimum absolute atomic E-state index is 0.207. The average molecular weight is 592 g/mol. The van der Waals surface area contributed by atoms with Crippen LogP contribution in [0, 0.1) is 0 Å². The van der Waals surface area contributed by atoms with Gasteiger partial charge in [-0.05, 0) is 72.4 Å². The molecule has 0 bridgehead atoms. The molecule has 10 heteroatoms. The fourth-order valence-electron chi connectivity index (χ4n) is 4.25. The van der Waals surface area contributed by atoms with Gasteiger partial charge in [-0.15, -0.1) is 0 Å². The molecule has 0 spiro atoms. The lowest BCUT2D eigenvalue weighted by atomic mass is 10.1. The van der Waals surface area contributed by atoms with Crippen molar-refractivity contribution in [2.24, 2.45) is 0 Å². The smallest absolute Gasteiger partial charge is 0.150 e. The molecule has 36 heavy (non-hydrogen) atoms. The number of hydrogen-bond acceptors (Lipinski definition) is 5. The quantitative estimate of drug-likeness (QED) is 0.211. The first-order valence-corrected chi connectivity index (χ1v) is 13.0. The fourth-order valence-corrected chi connectivity index (χ4v) is 5.16. The Morgan fingerprint density at radius 2 is 2.00 bits per heavy atom. The zero-order valence-electron chi connectivity index (χ0n) is 19.3. The van der Waals surface area contributed by atoms with E-state index >= 15 is 4.39 Å². The monoisotopic (exact) mass is 590 g/mol. The molecule has 1 fully saturated rings. The Bertz CT molecular complexity index is 1400. The molecule has 2 atom stereocenters. The second-order valence-electron chi connectivity index (χ2n) is 8.47. The summed E-state index contributed by atoms with van der Waals surface area (Å²) in [4.78, 5) is 8.12. The topological polar surface area (TPSA) is 62.1 Å². The van der Waals surface area contributed by atoms with Gasteiger partial charge in [-0.25, -0.2) is 14.1 Å². The van der Waals surface area contributed by atoms with Gasteiger partial charge >= 0.3 is 0 Å². The number of fused-ring (bicyclic) bond motifs is 1. The molecule has 0 saturated carbocycles. The van der Waals surface area contributed by atoms with E-state index in [-0.39, 0.29) is 6.23 Å². The van der Waals surface area contributed by atoms with E-state index in [1.807, 2.05) is 29.8 Å². The molecule has 0 N–H and O–H groups in total. The van der Waals surface area contributed by atoms with E-state index in [1.165, 1.54) is 24.7 Å². The van der Waals surface area contributed by atoms with Crippen LogP contribution in [0.4, 0.5) is 4.39 Å². The molecule has 0 amide bonds. The summed E-state index contributed by atoms with van der Waals surface area (Å²) in [7, 11) is 0. The van der Waals surface area contributed by atoms with E-state index in [1.54, 1.807) is 12.1 Å². The van der Waals surface area contributed by atoms with Crippen molar-refractivity contribution in [2.75, 3.05) is 6.61 Å². The summed E-state index contributed by atoms with van der Waals surface area (Å²) in [6.07, 6.45) is 8.20. The molecular weight excluding hydrogens is 570 g/mol. The van der Waals surface area contributed by atoms with Gasteiger partial charge in [0.1, 0.15) is 22.3 Å². The highest BCUT2D eigenvalue weighted by Crippen LogP contribution is 2.36. The molecule has 5 rings (SSSR count). The maximum Gasteiger partial charge on any atom is 0.150 e. The van der Waals surface area contributed by atoms with Crippen LogP contribution >= 0.6 is 39.1 Å². The Balaban J connectivity index is 1.55. The summed E-state index contributed by atoms with van der Waals surface area (Å²) in [6, 6.07) is 8.96. The number of nitrogens with zero attached hydrogens (tertiary/aromatic N) is 4. The third kappa shape index (κ3) is 5.27. The Labute approximate surface area is 226 Å². The van der Waals surface area contributed by atoms with Crippen LogP contribution in [-0.2, 0) is 4.74 Å². The van der Waals surface area contributed by atoms with Crippen molar-refractivity contribution in [1.29, 1.82) is 0 Å². The normalized spacial score (nSPS) is 17.4. The van der Waals surface area contributed by atoms with E-state index in [2.05, 4.69) is 25.9 Å². The lowest BCUT2D eigenvalue weighted by Crippen LogP contribution is -2.19. The lowest BCUT2D eigenvalue weighted by molar-refractivity contribution is -0.0367. The van der Waals surface area contributed by atoms with Crippen LogP contribution in [0.2, 0.25) is 10.0 Å². The Kier molecular flexibility index (Phi) is 7.57. The Morgan fingerprint density at radius 1 is 1.19 bits per heavy atom. The van der Waals surface area contributed by atoms with Crippen molar-refractivity contribution >= 4 is 61.9 Å². The molecule has 4 heterocycles. The first kappa shape index (κ1) is 25.1. The van der Waals surface area contributed by atoms with Crippen molar-refractivity contribution in [3.63, 3.8) is 0 Å². The van der Waals surface area contributed by atoms with Crippen LogP contribution in [0.3, 0.4) is 0 Å². The van der Waals surface area contributed by atoms with Crippen LogP contribution in [0.5, 0.6) is 5.75 Å². The average Bonchev–Trinajstić information content (AvgIpc) is 3.22. The molecule has 186 valence electrons. The zero-order valence-corrected chi connectivity index (χ0v) is 22.4. The zero-order chi connectivity index (χ0) is 25.2. The van der Waals surface area contributed by atoms with Gasteiger partial charge in [0.2, 0.25) is 0 Å². The number of ether oxygens (including phenoxy) is 2. The maximum absolute atomic E-state index is 15.2. The fraction of sp³-hybridized carbons (Fsp3) is 0.269. The second kappa shape index (κ2) is 10.8. The van der Waals surface area contributed by atoms with Gasteiger partial charge in [-0.3, -0.25) is 4.98 Å². The molecule has 1 aliphatic rings. The number of benzene rings is 1. The highest BCUT2D eigenvalue weighted by Gasteiger charge is 2.22. The van der Waals surface area contributed by atoms with Gasteiger partial charge in [0.05, 0.1) is 21.3 Å². The molecule has 6 nitrogen and oxygen atoms in total. The molecule has 0 aliphatic carbocycles. The molecule has 4 aromatic rings. The predicted octanol–water partition coefficient (Wildman–Crippen LogP) is 8.20. The summed E-state index contributed by atoms with van der Waals surface area (Å²) < 4.78 is 29.8. The molecule has 0 radical (unpaired) electrons. The van der Waals surface area contributed by atoms with Gasteiger partial charge in [0.25, 0.3) is 0 Å². The van der Waals surface area contributed by atoms with Crippen molar-refractivity contribution in [3.8, 4) is 5.75 Å². The van der Waals surface area contributed by atoms with E-state index in [4.69, 9.17) is 37.8 Å². The van der Waals surface area contributed by atoms with Gasteiger partial charge in [0, 0.05) is 47.8 Å². The van der Waals surface area contributed by atoms with E-state index < -0.39 is 11.9 Å². The van der Waals surface area contributed by atoms with Crippen LogP contribution < -0.4 is 4.74 Å². The maximum atomic E-state index is 15.2. The van der Waals surface area contributed by atoms with Gasteiger partial charge in [-0.1, -0.05) is 23.2 Å². The molecular formula is C26H22BrCl2FN4O2. The van der Waals surface area contributed by atoms with Crippen LogP contribution in [0.1, 0.15) is 55.3 Å². The van der Waals surface area contributed by atoms with Crippen molar-refractivity contribution in [3.05, 3.63) is 80.4 Å². The van der Waals surface area contributed by atoms with Gasteiger partial charge in [-0.2, -0.15) is 5.10 Å². The third-order valence-corrected chi connectivity index (χ3v) is 7.08. The summed E-state index contributed by atoms with van der Waals surface area (Å²) in [5, 5.41) is 6.33. The molecule has 1 aromatic carbocycles. The number of aromatic nitrogens is 4. The van der Waals surface area contributed by atoms with Crippen molar-refractivity contribution in [2.45, 2.75) is 38.5 Å². The molecule has 1 aliphatic heterocycles. The third-order valence-electron chi connectivity index (χ3n) is 6.01. The molecule has 3 aromatic heterocycles. The molecule has 1 saturated heterocycles. The number of halogens is 4. The highest BCUT2D eigenvalue weighted by atomic mass is 79.9. The Morgan fingerprint density at radius 3 is 2.69 bits per heavy atom. The predicted molar refractivity (Wildman–Crippen MR) is 143 cm³/mol. The second-order valence-corrected chi connectivity index (χ2v) is 10.1. The lowest BCUT2D eigenvalue weighted by Gasteiger charge is -2.23. The largest absolute Gasteiger partial charge is 0.486 e. The minimum atomic E-state index is -0.443. The first-order valence-electron chi connectivity index (χ1n) is 11.5. The number of pyridine rings is 2. The minimum Gasteiger partial charge on any atom is -0.486 e. The molecule has 1 unspecified atom stereocenters. The summed E-state index contributed by atoms with van der Waals surface area (Å²) in [5.41, 5.74) is 2.30. The number of hydrogen-bond donors (Lipinski definition) is 0. The van der Waals surface area contributed by atoms with E-state index in [0.29, 0.717) is 43.8 Å². The van der Waals surface area contributed by atoms with Crippen LogP contribution in [-0.4, -0.2) is 26.4 Å². The van der Waals surface area contributed by atoms with Gasteiger partial charge in [0.15, 0.2) is 6.23 Å². The SMILES string of the molecule is C[C@@H](Oc1ccc2c(c1)c(/C=C(\F)c1ccc(Br)nc1)nn2C1CCCCO1)c1c(Cl)cncc1Cl. The van der Waals surface area contributed by atoms with Crippen molar-refractivity contribution in [1.82, 2.24) is 19.7 Å². The van der Waals surface area contributed by atoms with E-state index in [9.17, 15) is 0 Å². The summed E-state index contributed by atoms with van der Waals surface area (Å²) >= 11 is 15.9.